The number of carbonyl (C=O) groups excluding carboxylic acids is 1. The van der Waals surface area contributed by atoms with E-state index in [1.54, 1.807) is 10.7 Å². The molecule has 1 atom stereocenters. The van der Waals surface area contributed by atoms with Crippen molar-refractivity contribution in [2.24, 2.45) is 5.73 Å². The number of nitrogens with zero attached hydrogens (tertiary/aromatic N) is 2. The maximum absolute atomic E-state index is 12.4. The highest BCUT2D eigenvalue weighted by Crippen LogP contribution is 2.14. The quantitative estimate of drug-likeness (QED) is 0.765. The third kappa shape index (κ3) is 2.64. The lowest BCUT2D eigenvalue weighted by Crippen LogP contribution is -2.33. The fraction of sp³-hybridized carbons (Fsp3) is 0.125. The summed E-state index contributed by atoms with van der Waals surface area (Å²) in [4.78, 5) is 12.4. The van der Waals surface area contributed by atoms with Gasteiger partial charge in [0.25, 0.3) is 5.91 Å². The van der Waals surface area contributed by atoms with Crippen molar-refractivity contribution in [2.45, 2.75) is 6.04 Å². The molecule has 2 aromatic heterocycles. The molecule has 106 valence electrons. The van der Waals surface area contributed by atoms with Gasteiger partial charge in [-0.2, -0.15) is 5.10 Å². The van der Waals surface area contributed by atoms with Gasteiger partial charge in [0.15, 0.2) is 0 Å². The molecule has 5 heteroatoms. The molecule has 0 aliphatic rings. The average Bonchev–Trinajstić information content (AvgIpc) is 2.97. The number of pyridine rings is 1. The number of nitrogens with one attached hydrogen (secondary N) is 1. The summed E-state index contributed by atoms with van der Waals surface area (Å²) in [5.41, 5.74) is 8.10. The van der Waals surface area contributed by atoms with E-state index in [1.807, 2.05) is 54.7 Å². The molecular formula is C16H16N4O. The van der Waals surface area contributed by atoms with Gasteiger partial charge in [0.05, 0.1) is 23.3 Å². The van der Waals surface area contributed by atoms with Crippen molar-refractivity contribution in [3.8, 4) is 0 Å². The second kappa shape index (κ2) is 5.76. The van der Waals surface area contributed by atoms with E-state index in [0.29, 0.717) is 12.1 Å². The standard InChI is InChI=1S/C16H16N4O/c17-10-14(12-6-2-1-3-7-12)19-16(21)13-11-18-20-9-5-4-8-15(13)20/h1-9,11,14H,10,17H2,(H,19,21). The van der Waals surface area contributed by atoms with Gasteiger partial charge in [-0.3, -0.25) is 4.79 Å². The third-order valence-electron chi connectivity index (χ3n) is 3.41. The number of nitrogens with two attached hydrogens (primary N) is 1. The molecule has 2 heterocycles. The van der Waals surface area contributed by atoms with E-state index in [9.17, 15) is 4.79 Å². The molecule has 3 N–H and O–H groups in total. The minimum atomic E-state index is -0.211. The van der Waals surface area contributed by atoms with E-state index in [4.69, 9.17) is 5.73 Å². The SMILES string of the molecule is NCC(NC(=O)c1cnn2ccccc12)c1ccccc1. The Kier molecular flexibility index (Phi) is 3.66. The van der Waals surface area contributed by atoms with E-state index in [1.165, 1.54) is 0 Å². The zero-order valence-corrected chi connectivity index (χ0v) is 11.4. The van der Waals surface area contributed by atoms with Crippen molar-refractivity contribution in [2.75, 3.05) is 6.54 Å². The Morgan fingerprint density at radius 3 is 2.71 bits per heavy atom. The first-order valence-corrected chi connectivity index (χ1v) is 6.78. The normalized spacial score (nSPS) is 12.2. The second-order valence-electron chi connectivity index (χ2n) is 4.76. The van der Waals surface area contributed by atoms with Crippen molar-refractivity contribution < 1.29 is 4.79 Å². The van der Waals surface area contributed by atoms with E-state index in [0.717, 1.165) is 11.1 Å². The summed E-state index contributed by atoms with van der Waals surface area (Å²) in [6, 6.07) is 15.1. The van der Waals surface area contributed by atoms with Crippen molar-refractivity contribution in [1.82, 2.24) is 14.9 Å². The third-order valence-corrected chi connectivity index (χ3v) is 3.41. The summed E-state index contributed by atoms with van der Waals surface area (Å²) in [5.74, 6) is -0.171. The molecule has 1 aromatic carbocycles. The predicted octanol–water partition coefficient (Wildman–Crippen LogP) is 1.76. The number of hydrogen-bond donors (Lipinski definition) is 2. The lowest BCUT2D eigenvalue weighted by molar-refractivity contribution is 0.0939. The van der Waals surface area contributed by atoms with Crippen LogP contribution in [0.2, 0.25) is 0 Å². The topological polar surface area (TPSA) is 72.4 Å². The van der Waals surface area contributed by atoms with Gasteiger partial charge in [-0.25, -0.2) is 4.52 Å². The lowest BCUT2D eigenvalue weighted by Gasteiger charge is -2.16. The van der Waals surface area contributed by atoms with E-state index < -0.39 is 0 Å². The molecule has 21 heavy (non-hydrogen) atoms. The number of hydrogen-bond acceptors (Lipinski definition) is 3. The summed E-state index contributed by atoms with van der Waals surface area (Å²) in [5, 5.41) is 7.13. The number of benzene rings is 1. The summed E-state index contributed by atoms with van der Waals surface area (Å²) in [6.07, 6.45) is 3.38. The first-order chi connectivity index (χ1) is 10.3. The number of fused-ring (bicyclic) bond motifs is 1. The zero-order valence-electron chi connectivity index (χ0n) is 11.4. The second-order valence-corrected chi connectivity index (χ2v) is 4.76. The maximum Gasteiger partial charge on any atom is 0.255 e. The molecule has 0 saturated carbocycles. The Hall–Kier alpha value is -2.66. The monoisotopic (exact) mass is 280 g/mol. The smallest absolute Gasteiger partial charge is 0.255 e. The molecule has 3 aromatic rings. The van der Waals surface area contributed by atoms with Crippen LogP contribution in [0.3, 0.4) is 0 Å². The molecule has 0 radical (unpaired) electrons. The van der Waals surface area contributed by atoms with Crippen molar-refractivity contribution in [1.29, 1.82) is 0 Å². The van der Waals surface area contributed by atoms with Crippen molar-refractivity contribution in [3.63, 3.8) is 0 Å². The number of carbonyl (C=O) groups is 1. The fourth-order valence-corrected chi connectivity index (χ4v) is 2.31. The van der Waals surface area contributed by atoms with E-state index in [-0.39, 0.29) is 11.9 Å². The van der Waals surface area contributed by atoms with E-state index in [2.05, 4.69) is 10.4 Å². The molecule has 0 aliphatic carbocycles. The van der Waals surface area contributed by atoms with Crippen LogP contribution in [0.25, 0.3) is 5.52 Å². The first-order valence-electron chi connectivity index (χ1n) is 6.78. The van der Waals surface area contributed by atoms with Gasteiger partial charge >= 0.3 is 0 Å². The van der Waals surface area contributed by atoms with Gasteiger partial charge in [0, 0.05) is 12.7 Å². The van der Waals surface area contributed by atoms with Crippen LogP contribution in [-0.2, 0) is 0 Å². The molecule has 1 unspecified atom stereocenters. The predicted molar refractivity (Wildman–Crippen MR) is 80.9 cm³/mol. The molecular weight excluding hydrogens is 264 g/mol. The van der Waals surface area contributed by atoms with Crippen LogP contribution in [0.15, 0.2) is 60.9 Å². The van der Waals surface area contributed by atoms with Crippen molar-refractivity contribution >= 4 is 11.4 Å². The fourth-order valence-electron chi connectivity index (χ4n) is 2.31. The highest BCUT2D eigenvalue weighted by molar-refractivity contribution is 6.00. The molecule has 0 bridgehead atoms. The number of aromatic nitrogens is 2. The zero-order chi connectivity index (χ0) is 14.7. The van der Waals surface area contributed by atoms with Gasteiger partial charge in [0.2, 0.25) is 0 Å². The maximum atomic E-state index is 12.4. The Bertz CT molecular complexity index is 751. The summed E-state index contributed by atoms with van der Waals surface area (Å²) in [6.45, 7) is 0.342. The minimum Gasteiger partial charge on any atom is -0.344 e. The molecule has 0 spiro atoms. The summed E-state index contributed by atoms with van der Waals surface area (Å²) >= 11 is 0. The van der Waals surface area contributed by atoms with Gasteiger partial charge in [0.1, 0.15) is 0 Å². The van der Waals surface area contributed by atoms with Crippen LogP contribution in [0.5, 0.6) is 0 Å². The first kappa shape index (κ1) is 13.3. The minimum absolute atomic E-state index is 0.171. The largest absolute Gasteiger partial charge is 0.344 e. The highest BCUT2D eigenvalue weighted by atomic mass is 16.1. The molecule has 0 aliphatic heterocycles. The Morgan fingerprint density at radius 1 is 1.19 bits per heavy atom. The lowest BCUT2D eigenvalue weighted by atomic mass is 10.1. The molecule has 3 rings (SSSR count). The summed E-state index contributed by atoms with van der Waals surface area (Å²) in [7, 11) is 0. The van der Waals surface area contributed by atoms with Crippen molar-refractivity contribution in [3.05, 3.63) is 72.1 Å². The average molecular weight is 280 g/mol. The van der Waals surface area contributed by atoms with Gasteiger partial charge < -0.3 is 11.1 Å². The van der Waals surface area contributed by atoms with Gasteiger partial charge in [-0.1, -0.05) is 36.4 Å². The van der Waals surface area contributed by atoms with Crippen LogP contribution in [0.1, 0.15) is 22.0 Å². The summed E-state index contributed by atoms with van der Waals surface area (Å²) < 4.78 is 1.68. The Labute approximate surface area is 122 Å². The number of amides is 1. The number of rotatable bonds is 4. The van der Waals surface area contributed by atoms with Crippen LogP contribution >= 0.6 is 0 Å². The van der Waals surface area contributed by atoms with Crippen LogP contribution in [0, 0.1) is 0 Å². The highest BCUT2D eigenvalue weighted by Gasteiger charge is 2.17. The molecule has 0 fully saturated rings. The van der Waals surface area contributed by atoms with Gasteiger partial charge in [-0.05, 0) is 17.7 Å². The molecule has 0 saturated heterocycles. The van der Waals surface area contributed by atoms with Crippen LogP contribution in [0.4, 0.5) is 0 Å². The van der Waals surface area contributed by atoms with Gasteiger partial charge in [-0.15, -0.1) is 0 Å². The van der Waals surface area contributed by atoms with Crippen LogP contribution in [-0.4, -0.2) is 22.1 Å². The molecule has 5 nitrogen and oxygen atoms in total. The van der Waals surface area contributed by atoms with E-state index >= 15 is 0 Å². The Balaban J connectivity index is 1.85. The Morgan fingerprint density at radius 2 is 1.95 bits per heavy atom. The van der Waals surface area contributed by atoms with Crippen LogP contribution < -0.4 is 11.1 Å². The molecule has 1 amide bonds.